The van der Waals surface area contributed by atoms with Crippen LogP contribution in [0.4, 0.5) is 0 Å². The average Bonchev–Trinajstić information content (AvgIpc) is 2.88. The van der Waals surface area contributed by atoms with Gasteiger partial charge in [0, 0.05) is 16.2 Å². The monoisotopic (exact) mass is 251 g/mol. The second-order valence-corrected chi connectivity index (χ2v) is 6.28. The molecule has 0 radical (unpaired) electrons. The lowest BCUT2D eigenvalue weighted by atomic mass is 10.0. The second-order valence-electron chi connectivity index (χ2n) is 4.08. The number of fused-ring (bicyclic) bond motifs is 1. The van der Waals surface area contributed by atoms with Crippen LogP contribution in [0, 0.1) is 0 Å². The third kappa shape index (κ3) is 1.93. The molecule has 0 fully saturated rings. The Balaban J connectivity index is 1.87. The van der Waals surface area contributed by atoms with E-state index in [0.29, 0.717) is 0 Å². The Labute approximate surface area is 103 Å². The van der Waals surface area contributed by atoms with Gasteiger partial charge in [-0.3, -0.25) is 0 Å². The molecule has 84 valence electrons. The molecule has 1 unspecified atom stereocenters. The molecule has 0 spiro atoms. The van der Waals surface area contributed by atoms with Crippen molar-refractivity contribution < 1.29 is 5.11 Å². The molecule has 1 atom stereocenters. The molecule has 2 aromatic rings. The Bertz CT molecular complexity index is 475. The van der Waals surface area contributed by atoms with Gasteiger partial charge in [-0.15, -0.1) is 22.7 Å². The molecule has 16 heavy (non-hydrogen) atoms. The predicted octanol–water partition coefficient (Wildman–Crippen LogP) is 3.17. The number of aliphatic hydroxyl groups excluding tert-OH is 1. The van der Waals surface area contributed by atoms with Gasteiger partial charge in [0.2, 0.25) is 0 Å². The van der Waals surface area contributed by atoms with Gasteiger partial charge in [0.25, 0.3) is 0 Å². The van der Waals surface area contributed by atoms with E-state index in [1.165, 1.54) is 9.75 Å². The van der Waals surface area contributed by atoms with Crippen molar-refractivity contribution in [1.82, 2.24) is 4.98 Å². The fraction of sp³-hybridized carbons (Fsp3) is 0.417. The summed E-state index contributed by atoms with van der Waals surface area (Å²) in [5, 5.41) is 13.1. The SMILES string of the molecule is OC1CCCc2sc(Cc3cccs3)nc21. The first-order chi connectivity index (χ1) is 7.83. The maximum atomic E-state index is 9.85. The van der Waals surface area contributed by atoms with Gasteiger partial charge < -0.3 is 5.11 Å². The van der Waals surface area contributed by atoms with Crippen molar-refractivity contribution in [3.8, 4) is 0 Å². The molecular formula is C12H13NOS2. The zero-order valence-corrected chi connectivity index (χ0v) is 10.5. The molecule has 4 heteroatoms. The molecular weight excluding hydrogens is 238 g/mol. The Morgan fingerprint density at radius 3 is 3.19 bits per heavy atom. The highest BCUT2D eigenvalue weighted by Crippen LogP contribution is 2.34. The highest BCUT2D eigenvalue weighted by Gasteiger charge is 2.22. The number of hydrogen-bond donors (Lipinski definition) is 1. The van der Waals surface area contributed by atoms with Gasteiger partial charge >= 0.3 is 0 Å². The molecule has 0 aromatic carbocycles. The smallest absolute Gasteiger partial charge is 0.0984 e. The van der Waals surface area contributed by atoms with E-state index in [1.807, 2.05) is 0 Å². The van der Waals surface area contributed by atoms with Crippen LogP contribution < -0.4 is 0 Å². The van der Waals surface area contributed by atoms with E-state index < -0.39 is 0 Å². The number of aliphatic hydroxyl groups is 1. The van der Waals surface area contributed by atoms with Crippen molar-refractivity contribution in [2.45, 2.75) is 31.8 Å². The maximum absolute atomic E-state index is 9.85. The molecule has 0 amide bonds. The number of aryl methyl sites for hydroxylation is 1. The van der Waals surface area contributed by atoms with Crippen LogP contribution in [-0.4, -0.2) is 10.1 Å². The van der Waals surface area contributed by atoms with Crippen LogP contribution >= 0.6 is 22.7 Å². The molecule has 0 bridgehead atoms. The Morgan fingerprint density at radius 2 is 2.44 bits per heavy atom. The summed E-state index contributed by atoms with van der Waals surface area (Å²) in [6.45, 7) is 0. The molecule has 1 N–H and O–H groups in total. The lowest BCUT2D eigenvalue weighted by molar-refractivity contribution is 0.153. The minimum Gasteiger partial charge on any atom is -0.387 e. The van der Waals surface area contributed by atoms with Gasteiger partial charge in [0.15, 0.2) is 0 Å². The van der Waals surface area contributed by atoms with Crippen molar-refractivity contribution in [3.05, 3.63) is 38.0 Å². The number of nitrogens with zero attached hydrogens (tertiary/aromatic N) is 1. The lowest BCUT2D eigenvalue weighted by Gasteiger charge is -2.14. The van der Waals surface area contributed by atoms with E-state index in [2.05, 4.69) is 22.5 Å². The van der Waals surface area contributed by atoms with Gasteiger partial charge in [-0.2, -0.15) is 0 Å². The van der Waals surface area contributed by atoms with Crippen LogP contribution in [0.1, 0.15) is 39.4 Å². The number of hydrogen-bond acceptors (Lipinski definition) is 4. The molecule has 0 saturated heterocycles. The normalized spacial score (nSPS) is 19.7. The molecule has 2 aromatic heterocycles. The molecule has 2 heterocycles. The summed E-state index contributed by atoms with van der Waals surface area (Å²) in [5.74, 6) is 0. The number of rotatable bonds is 2. The summed E-state index contributed by atoms with van der Waals surface area (Å²) in [7, 11) is 0. The molecule has 1 aliphatic carbocycles. The first-order valence-corrected chi connectivity index (χ1v) is 7.21. The molecule has 2 nitrogen and oxygen atoms in total. The zero-order chi connectivity index (χ0) is 11.0. The van der Waals surface area contributed by atoms with Crippen molar-refractivity contribution in [3.63, 3.8) is 0 Å². The van der Waals surface area contributed by atoms with Gasteiger partial charge in [-0.05, 0) is 30.7 Å². The molecule has 0 aliphatic heterocycles. The number of thiophene rings is 1. The van der Waals surface area contributed by atoms with E-state index in [0.717, 1.165) is 36.4 Å². The van der Waals surface area contributed by atoms with Crippen LogP contribution in [0.3, 0.4) is 0 Å². The standard InChI is InChI=1S/C12H13NOS2/c14-9-4-1-5-10-12(9)13-11(16-10)7-8-3-2-6-15-8/h2-3,6,9,14H,1,4-5,7H2. The highest BCUT2D eigenvalue weighted by atomic mass is 32.1. The third-order valence-electron chi connectivity index (χ3n) is 2.87. The fourth-order valence-electron chi connectivity index (χ4n) is 2.08. The van der Waals surface area contributed by atoms with E-state index in [1.54, 1.807) is 22.7 Å². The molecule has 1 aliphatic rings. The van der Waals surface area contributed by atoms with Crippen molar-refractivity contribution in [2.24, 2.45) is 0 Å². The predicted molar refractivity (Wildman–Crippen MR) is 67.1 cm³/mol. The maximum Gasteiger partial charge on any atom is 0.0984 e. The van der Waals surface area contributed by atoms with Crippen molar-refractivity contribution in [1.29, 1.82) is 0 Å². The summed E-state index contributed by atoms with van der Waals surface area (Å²) in [4.78, 5) is 7.23. The van der Waals surface area contributed by atoms with E-state index in [9.17, 15) is 5.11 Å². The number of thiazole rings is 1. The topological polar surface area (TPSA) is 33.1 Å². The minimum atomic E-state index is -0.322. The van der Waals surface area contributed by atoms with Crippen LogP contribution in [0.5, 0.6) is 0 Å². The molecule has 0 saturated carbocycles. The quantitative estimate of drug-likeness (QED) is 0.889. The summed E-state index contributed by atoms with van der Waals surface area (Å²) >= 11 is 3.54. The van der Waals surface area contributed by atoms with Crippen molar-refractivity contribution in [2.75, 3.05) is 0 Å². The summed E-state index contributed by atoms with van der Waals surface area (Å²) in [6, 6.07) is 4.21. The van der Waals surface area contributed by atoms with Gasteiger partial charge in [0.1, 0.15) is 0 Å². The second kappa shape index (κ2) is 4.28. The third-order valence-corrected chi connectivity index (χ3v) is 4.88. The largest absolute Gasteiger partial charge is 0.387 e. The van der Waals surface area contributed by atoms with Gasteiger partial charge in [-0.25, -0.2) is 4.98 Å². The van der Waals surface area contributed by atoms with Crippen LogP contribution in [0.2, 0.25) is 0 Å². The van der Waals surface area contributed by atoms with Gasteiger partial charge in [-0.1, -0.05) is 6.07 Å². The Hall–Kier alpha value is -0.710. The Kier molecular flexibility index (Phi) is 2.79. The number of aromatic nitrogens is 1. The summed E-state index contributed by atoms with van der Waals surface area (Å²) in [5.41, 5.74) is 0.947. The average molecular weight is 251 g/mol. The molecule has 3 rings (SSSR count). The lowest BCUT2D eigenvalue weighted by Crippen LogP contribution is -2.07. The fourth-order valence-corrected chi connectivity index (χ4v) is 4.07. The summed E-state index contributed by atoms with van der Waals surface area (Å²) in [6.07, 6.45) is 3.65. The van der Waals surface area contributed by atoms with Gasteiger partial charge in [0.05, 0.1) is 16.8 Å². The first-order valence-electron chi connectivity index (χ1n) is 5.52. The van der Waals surface area contributed by atoms with Crippen LogP contribution in [0.25, 0.3) is 0 Å². The van der Waals surface area contributed by atoms with Crippen molar-refractivity contribution >= 4 is 22.7 Å². The van der Waals surface area contributed by atoms with E-state index in [-0.39, 0.29) is 6.10 Å². The van der Waals surface area contributed by atoms with Crippen LogP contribution in [-0.2, 0) is 12.8 Å². The van der Waals surface area contributed by atoms with E-state index in [4.69, 9.17) is 0 Å². The Morgan fingerprint density at radius 1 is 1.50 bits per heavy atom. The zero-order valence-electron chi connectivity index (χ0n) is 8.85. The minimum absolute atomic E-state index is 0.322. The van der Waals surface area contributed by atoms with Crippen LogP contribution in [0.15, 0.2) is 17.5 Å². The van der Waals surface area contributed by atoms with E-state index >= 15 is 0 Å². The first kappa shape index (κ1) is 10.4. The summed E-state index contributed by atoms with van der Waals surface area (Å²) < 4.78 is 0. The highest BCUT2D eigenvalue weighted by molar-refractivity contribution is 7.12.